The van der Waals surface area contributed by atoms with Gasteiger partial charge in [0.25, 0.3) is 0 Å². The molecule has 18 heavy (non-hydrogen) atoms. The third kappa shape index (κ3) is 3.41. The Morgan fingerprint density at radius 3 is 1.78 bits per heavy atom. The van der Waals surface area contributed by atoms with Gasteiger partial charge in [0.2, 0.25) is 0 Å². The van der Waals surface area contributed by atoms with Crippen molar-refractivity contribution < 1.29 is 4.79 Å². The van der Waals surface area contributed by atoms with Crippen molar-refractivity contribution in [1.82, 2.24) is 0 Å². The van der Waals surface area contributed by atoms with Gasteiger partial charge in [-0.15, -0.1) is 0 Å². The van der Waals surface area contributed by atoms with Gasteiger partial charge in [-0.2, -0.15) is 0 Å². The van der Waals surface area contributed by atoms with E-state index in [1.54, 1.807) is 6.92 Å². The molecular weight excluding hydrogens is 288 g/mol. The van der Waals surface area contributed by atoms with Crippen LogP contribution < -0.4 is 0 Å². The van der Waals surface area contributed by atoms with Crippen molar-refractivity contribution in [1.29, 1.82) is 0 Å². The number of ketones is 1. The summed E-state index contributed by atoms with van der Waals surface area (Å²) >= 11 is 3.41. The Morgan fingerprint density at radius 1 is 0.889 bits per heavy atom. The summed E-state index contributed by atoms with van der Waals surface area (Å²) in [5.74, 6) is 0.0958. The smallest absolute Gasteiger partial charge is 0.159 e. The molecule has 2 aromatic carbocycles. The number of halogens is 1. The maximum atomic E-state index is 11.1. The molecule has 0 bridgehead atoms. The van der Waals surface area contributed by atoms with E-state index in [1.807, 2.05) is 54.6 Å². The summed E-state index contributed by atoms with van der Waals surface area (Å²) in [6.07, 6.45) is 4.09. The summed E-state index contributed by atoms with van der Waals surface area (Å²) < 4.78 is 1.07. The van der Waals surface area contributed by atoms with E-state index in [9.17, 15) is 4.79 Å². The lowest BCUT2D eigenvalue weighted by molar-refractivity contribution is 0.101. The lowest BCUT2D eigenvalue weighted by atomic mass is 10.1. The predicted molar refractivity (Wildman–Crippen MR) is 79.5 cm³/mol. The number of benzene rings is 2. The summed E-state index contributed by atoms with van der Waals surface area (Å²) in [5, 5.41) is 0. The highest BCUT2D eigenvalue weighted by atomic mass is 79.9. The summed E-state index contributed by atoms with van der Waals surface area (Å²) in [6, 6.07) is 15.7. The number of hydrogen-bond donors (Lipinski definition) is 0. The third-order valence-corrected chi connectivity index (χ3v) is 3.18. The van der Waals surface area contributed by atoms with Gasteiger partial charge in [-0.05, 0) is 30.2 Å². The molecule has 2 aromatic rings. The van der Waals surface area contributed by atoms with E-state index in [0.717, 1.165) is 21.2 Å². The number of Topliss-reactive ketones (excluding diaryl/α,β-unsaturated/α-hetero) is 1. The Balaban J connectivity index is 2.13. The fourth-order valence-corrected chi connectivity index (χ4v) is 1.86. The zero-order chi connectivity index (χ0) is 13.0. The maximum Gasteiger partial charge on any atom is 0.159 e. The molecule has 0 fully saturated rings. The zero-order valence-electron chi connectivity index (χ0n) is 10.1. The minimum absolute atomic E-state index is 0.0958. The minimum Gasteiger partial charge on any atom is -0.295 e. The first-order valence-electron chi connectivity index (χ1n) is 5.70. The van der Waals surface area contributed by atoms with Gasteiger partial charge in [-0.1, -0.05) is 64.5 Å². The van der Waals surface area contributed by atoms with E-state index >= 15 is 0 Å². The van der Waals surface area contributed by atoms with E-state index in [4.69, 9.17) is 0 Å². The highest BCUT2D eigenvalue weighted by molar-refractivity contribution is 9.10. The standard InChI is InChI=1S/C16H13BrO/c1-12(18)15-8-4-13(5-9-15)2-3-14-6-10-16(17)11-7-14/h2-11H,1H3/b3-2+. The zero-order valence-corrected chi connectivity index (χ0v) is 11.6. The molecule has 0 unspecified atom stereocenters. The Bertz CT molecular complexity index is 565. The molecule has 0 saturated carbocycles. The molecule has 0 N–H and O–H groups in total. The Morgan fingerprint density at radius 2 is 1.33 bits per heavy atom. The molecule has 0 aliphatic heterocycles. The summed E-state index contributed by atoms with van der Waals surface area (Å²) in [5.41, 5.74) is 2.98. The van der Waals surface area contributed by atoms with Crippen LogP contribution in [0, 0.1) is 0 Å². The van der Waals surface area contributed by atoms with Gasteiger partial charge >= 0.3 is 0 Å². The van der Waals surface area contributed by atoms with E-state index in [1.165, 1.54) is 0 Å². The van der Waals surface area contributed by atoms with Gasteiger partial charge in [-0.25, -0.2) is 0 Å². The van der Waals surface area contributed by atoms with Crippen molar-refractivity contribution in [3.8, 4) is 0 Å². The van der Waals surface area contributed by atoms with Crippen LogP contribution in [0.3, 0.4) is 0 Å². The monoisotopic (exact) mass is 300 g/mol. The van der Waals surface area contributed by atoms with Gasteiger partial charge < -0.3 is 0 Å². The number of carbonyl (C=O) groups excluding carboxylic acids is 1. The Kier molecular flexibility index (Phi) is 4.11. The SMILES string of the molecule is CC(=O)c1ccc(/C=C/c2ccc(Br)cc2)cc1. The van der Waals surface area contributed by atoms with Gasteiger partial charge in [-0.3, -0.25) is 4.79 Å². The third-order valence-electron chi connectivity index (χ3n) is 2.66. The molecule has 2 heteroatoms. The van der Waals surface area contributed by atoms with Gasteiger partial charge in [0.05, 0.1) is 0 Å². The molecule has 0 atom stereocenters. The van der Waals surface area contributed by atoms with E-state index in [-0.39, 0.29) is 5.78 Å². The highest BCUT2D eigenvalue weighted by Gasteiger charge is 1.96. The Labute approximate surface area is 115 Å². The van der Waals surface area contributed by atoms with Crippen molar-refractivity contribution in [2.75, 3.05) is 0 Å². The predicted octanol–water partition coefficient (Wildman–Crippen LogP) is 4.82. The Hall–Kier alpha value is -1.67. The quantitative estimate of drug-likeness (QED) is 0.586. The number of carbonyl (C=O) groups is 1. The average molecular weight is 301 g/mol. The molecule has 0 aromatic heterocycles. The molecular formula is C16H13BrO. The maximum absolute atomic E-state index is 11.1. The van der Waals surface area contributed by atoms with Gasteiger partial charge in [0.1, 0.15) is 0 Å². The van der Waals surface area contributed by atoms with Gasteiger partial charge in [0, 0.05) is 10.0 Å². The highest BCUT2D eigenvalue weighted by Crippen LogP contribution is 2.13. The lowest BCUT2D eigenvalue weighted by Crippen LogP contribution is -1.90. The molecule has 0 spiro atoms. The molecule has 0 aliphatic carbocycles. The van der Waals surface area contributed by atoms with Crippen molar-refractivity contribution in [2.24, 2.45) is 0 Å². The van der Waals surface area contributed by atoms with E-state index in [2.05, 4.69) is 22.0 Å². The van der Waals surface area contributed by atoms with Crippen LogP contribution >= 0.6 is 15.9 Å². The molecule has 0 amide bonds. The van der Waals surface area contributed by atoms with Crippen LogP contribution in [-0.4, -0.2) is 5.78 Å². The van der Waals surface area contributed by atoms with Crippen LogP contribution in [0.5, 0.6) is 0 Å². The van der Waals surface area contributed by atoms with Crippen molar-refractivity contribution in [3.05, 3.63) is 69.7 Å². The molecule has 1 nitrogen and oxygen atoms in total. The first-order chi connectivity index (χ1) is 8.65. The van der Waals surface area contributed by atoms with E-state index in [0.29, 0.717) is 0 Å². The molecule has 2 rings (SSSR count). The molecule has 0 saturated heterocycles. The molecule has 90 valence electrons. The van der Waals surface area contributed by atoms with Crippen molar-refractivity contribution in [3.63, 3.8) is 0 Å². The fourth-order valence-electron chi connectivity index (χ4n) is 1.60. The van der Waals surface area contributed by atoms with Crippen molar-refractivity contribution >= 4 is 33.9 Å². The summed E-state index contributed by atoms with van der Waals surface area (Å²) in [6.45, 7) is 1.58. The minimum atomic E-state index is 0.0958. The largest absolute Gasteiger partial charge is 0.295 e. The van der Waals surface area contributed by atoms with Crippen LogP contribution in [0.4, 0.5) is 0 Å². The summed E-state index contributed by atoms with van der Waals surface area (Å²) in [4.78, 5) is 11.1. The second-order valence-electron chi connectivity index (χ2n) is 4.06. The normalized spacial score (nSPS) is 10.8. The van der Waals surface area contributed by atoms with Crippen LogP contribution in [0.2, 0.25) is 0 Å². The molecule has 0 radical (unpaired) electrons. The number of rotatable bonds is 3. The molecule has 0 heterocycles. The second kappa shape index (κ2) is 5.78. The van der Waals surface area contributed by atoms with Crippen LogP contribution in [0.25, 0.3) is 12.2 Å². The number of hydrogen-bond acceptors (Lipinski definition) is 1. The average Bonchev–Trinajstić information content (AvgIpc) is 2.38. The lowest BCUT2D eigenvalue weighted by Gasteiger charge is -1.97. The van der Waals surface area contributed by atoms with E-state index < -0.39 is 0 Å². The first kappa shape index (κ1) is 12.8. The molecule has 0 aliphatic rings. The summed E-state index contributed by atoms with van der Waals surface area (Å²) in [7, 11) is 0. The first-order valence-corrected chi connectivity index (χ1v) is 6.49. The van der Waals surface area contributed by atoms with Gasteiger partial charge in [0.15, 0.2) is 5.78 Å². The van der Waals surface area contributed by atoms with Crippen molar-refractivity contribution in [2.45, 2.75) is 6.92 Å². The topological polar surface area (TPSA) is 17.1 Å². The van der Waals surface area contributed by atoms with Crippen LogP contribution in [-0.2, 0) is 0 Å². The van der Waals surface area contributed by atoms with Crippen LogP contribution in [0.1, 0.15) is 28.4 Å². The second-order valence-corrected chi connectivity index (χ2v) is 4.98. The fraction of sp³-hybridized carbons (Fsp3) is 0.0625. The van der Waals surface area contributed by atoms with Crippen LogP contribution in [0.15, 0.2) is 53.0 Å².